The number of rotatable bonds is 67. The molecule has 0 heterocycles. The SMILES string of the molecule is CC/C=C\C/C=C\C/C=C\C/C=C\CCCCCCCCCCCCCCC(=O)OC(COC(=O)CCCCCCCCCCCCCCCCCCCCCCCCCCCCCCCCCCCC)COP(=O)([O-])OCC[N+](C)(C)C. The molecule has 0 aromatic rings. The van der Waals surface area contributed by atoms with Gasteiger partial charge in [0.15, 0.2) is 6.10 Å². The molecule has 2 unspecified atom stereocenters. The first kappa shape index (κ1) is 81.0. The number of phosphoric ester groups is 1. The highest BCUT2D eigenvalue weighted by Gasteiger charge is 2.22. The first-order valence-corrected chi connectivity index (χ1v) is 37.3. The van der Waals surface area contributed by atoms with Crippen LogP contribution in [0.1, 0.15) is 354 Å². The Kier molecular flexibility index (Phi) is 62.9. The molecular formula is C73H138NO8P. The molecule has 0 aliphatic rings. The van der Waals surface area contributed by atoms with Crippen LogP contribution in [0.25, 0.3) is 0 Å². The number of esters is 2. The number of allylic oxidation sites excluding steroid dienone is 8. The quantitative estimate of drug-likeness (QED) is 0.0195. The maximum atomic E-state index is 12.9. The number of phosphoric acid groups is 1. The van der Waals surface area contributed by atoms with E-state index in [0.717, 1.165) is 64.2 Å². The summed E-state index contributed by atoms with van der Waals surface area (Å²) in [6, 6.07) is 0. The Labute approximate surface area is 515 Å². The zero-order valence-electron chi connectivity index (χ0n) is 55.7. The van der Waals surface area contributed by atoms with Gasteiger partial charge in [0.2, 0.25) is 0 Å². The standard InChI is InChI=1S/C73H138NO8P/c1-6-8-10-12-14-16-18-20-22-24-26-28-30-32-33-34-35-36-37-38-39-40-42-43-45-47-49-51-53-55-57-59-61-63-65-72(75)79-69-71(70-81-83(77,78)80-68-67-74(3,4)5)82-73(76)66-64-62-60-58-56-54-52-50-48-46-44-41-31-29-27-25-23-21-19-17-15-13-11-9-7-2/h9,11,15,17,21,23,27,29,71H,6-8,10,12-14,16,18-20,22,24-26,28,30-70H2,1-5H3/b11-9-,17-15-,23-21-,29-27-. The third-order valence-electron chi connectivity index (χ3n) is 16.1. The van der Waals surface area contributed by atoms with Crippen molar-refractivity contribution < 1.29 is 42.1 Å². The molecule has 0 spiro atoms. The van der Waals surface area contributed by atoms with E-state index >= 15 is 0 Å². The second kappa shape index (κ2) is 64.4. The fourth-order valence-corrected chi connectivity index (χ4v) is 11.4. The summed E-state index contributed by atoms with van der Waals surface area (Å²) in [7, 11) is 1.18. The van der Waals surface area contributed by atoms with E-state index in [1.807, 2.05) is 21.1 Å². The molecule has 9 nitrogen and oxygen atoms in total. The van der Waals surface area contributed by atoms with E-state index in [-0.39, 0.29) is 32.0 Å². The lowest BCUT2D eigenvalue weighted by molar-refractivity contribution is -0.870. The monoisotopic (exact) mass is 1190 g/mol. The smallest absolute Gasteiger partial charge is 0.306 e. The molecule has 0 saturated carbocycles. The van der Waals surface area contributed by atoms with Crippen molar-refractivity contribution in [3.8, 4) is 0 Å². The van der Waals surface area contributed by atoms with Crippen molar-refractivity contribution in [2.45, 2.75) is 360 Å². The van der Waals surface area contributed by atoms with Crippen LogP contribution < -0.4 is 4.89 Å². The molecule has 0 N–H and O–H groups in total. The molecule has 0 aliphatic carbocycles. The second-order valence-electron chi connectivity index (χ2n) is 25.6. The average molecular weight is 1190 g/mol. The summed E-state index contributed by atoms with van der Waals surface area (Å²) in [5.74, 6) is -0.818. The number of unbranched alkanes of at least 4 members (excludes halogenated alkanes) is 45. The van der Waals surface area contributed by atoms with Crippen LogP contribution in [-0.2, 0) is 32.7 Å². The Morgan fingerprint density at radius 3 is 1.02 bits per heavy atom. The fourth-order valence-electron chi connectivity index (χ4n) is 10.7. The number of hydrogen-bond acceptors (Lipinski definition) is 8. The third kappa shape index (κ3) is 68.9. The molecule has 0 fully saturated rings. The van der Waals surface area contributed by atoms with E-state index in [4.69, 9.17) is 18.5 Å². The Bertz CT molecular complexity index is 1540. The van der Waals surface area contributed by atoms with Crippen LogP contribution in [-0.4, -0.2) is 70.0 Å². The van der Waals surface area contributed by atoms with Gasteiger partial charge in [-0.3, -0.25) is 14.2 Å². The first-order chi connectivity index (χ1) is 40.5. The molecule has 0 amide bonds. The largest absolute Gasteiger partial charge is 0.756 e. The third-order valence-corrected chi connectivity index (χ3v) is 17.1. The van der Waals surface area contributed by atoms with E-state index in [9.17, 15) is 19.0 Å². The number of carbonyl (C=O) groups excluding carboxylic acids is 2. The van der Waals surface area contributed by atoms with E-state index in [0.29, 0.717) is 17.4 Å². The molecule has 83 heavy (non-hydrogen) atoms. The summed E-state index contributed by atoms with van der Waals surface area (Å²) in [5.41, 5.74) is 0. The van der Waals surface area contributed by atoms with Crippen molar-refractivity contribution in [2.24, 2.45) is 0 Å². The fraction of sp³-hybridized carbons (Fsp3) is 0.863. The number of nitrogens with zero attached hydrogens (tertiary/aromatic N) is 1. The van der Waals surface area contributed by atoms with Crippen LogP contribution in [0.3, 0.4) is 0 Å². The van der Waals surface area contributed by atoms with Gasteiger partial charge < -0.3 is 27.9 Å². The molecule has 0 aromatic carbocycles. The Balaban J connectivity index is 3.96. The number of quaternary nitrogens is 1. The zero-order valence-corrected chi connectivity index (χ0v) is 56.6. The maximum Gasteiger partial charge on any atom is 0.306 e. The van der Waals surface area contributed by atoms with Crippen LogP contribution >= 0.6 is 7.82 Å². The number of likely N-dealkylation sites (N-methyl/N-ethyl adjacent to an activating group) is 1. The molecule has 0 bridgehead atoms. The summed E-state index contributed by atoms with van der Waals surface area (Å²) in [6.07, 6.45) is 83.5. The molecule has 488 valence electrons. The van der Waals surface area contributed by atoms with Gasteiger partial charge in [0.25, 0.3) is 7.82 Å². The van der Waals surface area contributed by atoms with Gasteiger partial charge in [-0.1, -0.05) is 339 Å². The summed E-state index contributed by atoms with van der Waals surface area (Å²) in [4.78, 5) is 38.1. The van der Waals surface area contributed by atoms with Crippen LogP contribution in [0.2, 0.25) is 0 Å². The molecule has 2 atom stereocenters. The van der Waals surface area contributed by atoms with Crippen molar-refractivity contribution in [1.82, 2.24) is 0 Å². The molecular weight excluding hydrogens is 1050 g/mol. The number of ether oxygens (including phenoxy) is 2. The van der Waals surface area contributed by atoms with Crippen molar-refractivity contribution in [3.63, 3.8) is 0 Å². The molecule has 10 heteroatoms. The lowest BCUT2D eigenvalue weighted by Gasteiger charge is -2.28. The topological polar surface area (TPSA) is 111 Å². The highest BCUT2D eigenvalue weighted by atomic mass is 31.2. The van der Waals surface area contributed by atoms with Crippen LogP contribution in [0.15, 0.2) is 48.6 Å². The minimum atomic E-state index is -4.64. The van der Waals surface area contributed by atoms with Gasteiger partial charge in [-0.25, -0.2) is 0 Å². The Hall–Kier alpha value is -2.03. The van der Waals surface area contributed by atoms with Gasteiger partial charge in [-0.2, -0.15) is 0 Å². The Morgan fingerprint density at radius 2 is 0.687 bits per heavy atom. The van der Waals surface area contributed by atoms with Crippen molar-refractivity contribution in [1.29, 1.82) is 0 Å². The van der Waals surface area contributed by atoms with E-state index < -0.39 is 26.5 Å². The van der Waals surface area contributed by atoms with Gasteiger partial charge in [0.1, 0.15) is 19.8 Å². The zero-order chi connectivity index (χ0) is 60.5. The van der Waals surface area contributed by atoms with E-state index in [1.165, 1.54) is 257 Å². The molecule has 0 radical (unpaired) electrons. The highest BCUT2D eigenvalue weighted by Crippen LogP contribution is 2.38. The van der Waals surface area contributed by atoms with Crippen LogP contribution in [0.5, 0.6) is 0 Å². The predicted octanol–water partition coefficient (Wildman–Crippen LogP) is 22.6. The van der Waals surface area contributed by atoms with Crippen molar-refractivity contribution >= 4 is 19.8 Å². The van der Waals surface area contributed by atoms with Crippen molar-refractivity contribution in [2.75, 3.05) is 47.5 Å². The lowest BCUT2D eigenvalue weighted by atomic mass is 10.0. The van der Waals surface area contributed by atoms with Crippen LogP contribution in [0, 0.1) is 0 Å². The van der Waals surface area contributed by atoms with Crippen molar-refractivity contribution in [3.05, 3.63) is 48.6 Å². The summed E-state index contributed by atoms with van der Waals surface area (Å²) in [6.45, 7) is 4.19. The van der Waals surface area contributed by atoms with Gasteiger partial charge >= 0.3 is 11.9 Å². The van der Waals surface area contributed by atoms with Gasteiger partial charge in [0.05, 0.1) is 27.7 Å². The lowest BCUT2D eigenvalue weighted by Crippen LogP contribution is -2.37. The summed E-state index contributed by atoms with van der Waals surface area (Å²) < 4.78 is 34.3. The first-order valence-electron chi connectivity index (χ1n) is 35.8. The number of carbonyl (C=O) groups is 2. The van der Waals surface area contributed by atoms with E-state index in [1.54, 1.807) is 0 Å². The molecule has 0 rings (SSSR count). The predicted molar refractivity (Wildman–Crippen MR) is 356 cm³/mol. The molecule has 0 aliphatic heterocycles. The highest BCUT2D eigenvalue weighted by molar-refractivity contribution is 7.45. The van der Waals surface area contributed by atoms with Gasteiger partial charge in [-0.15, -0.1) is 0 Å². The van der Waals surface area contributed by atoms with Gasteiger partial charge in [0, 0.05) is 12.8 Å². The molecule has 0 saturated heterocycles. The van der Waals surface area contributed by atoms with Crippen LogP contribution in [0.4, 0.5) is 0 Å². The Morgan fingerprint density at radius 1 is 0.386 bits per heavy atom. The second-order valence-corrected chi connectivity index (χ2v) is 27.0. The number of hydrogen-bond donors (Lipinski definition) is 0. The normalized spacial score (nSPS) is 13.4. The maximum absolute atomic E-state index is 12.9. The average Bonchev–Trinajstić information content (AvgIpc) is 3.48. The minimum Gasteiger partial charge on any atom is -0.756 e. The summed E-state index contributed by atoms with van der Waals surface area (Å²) in [5, 5.41) is 0. The van der Waals surface area contributed by atoms with Gasteiger partial charge in [-0.05, 0) is 51.4 Å². The minimum absolute atomic E-state index is 0.0301. The summed E-state index contributed by atoms with van der Waals surface area (Å²) >= 11 is 0. The molecule has 0 aromatic heterocycles. The van der Waals surface area contributed by atoms with E-state index in [2.05, 4.69) is 62.5 Å².